The van der Waals surface area contributed by atoms with E-state index >= 15 is 0 Å². The number of carbonyl (C=O) groups is 1. The number of hydrogen-bond donors (Lipinski definition) is 0. The van der Waals surface area contributed by atoms with Gasteiger partial charge in [0, 0.05) is 43.9 Å². The average Bonchev–Trinajstić information content (AvgIpc) is 2.60. The Morgan fingerprint density at radius 2 is 2.00 bits per heavy atom. The molecule has 4 nitrogen and oxygen atoms in total. The van der Waals surface area contributed by atoms with Gasteiger partial charge in [0.15, 0.2) is 0 Å². The van der Waals surface area contributed by atoms with E-state index in [4.69, 9.17) is 0 Å². The summed E-state index contributed by atoms with van der Waals surface area (Å²) in [5.74, 6) is 0.320. The van der Waals surface area contributed by atoms with Gasteiger partial charge in [-0.2, -0.15) is 0 Å². The lowest BCUT2D eigenvalue weighted by molar-refractivity contribution is -0.140. The van der Waals surface area contributed by atoms with Crippen molar-refractivity contribution in [2.75, 3.05) is 26.2 Å². The molecule has 3 rings (SSSR count). The summed E-state index contributed by atoms with van der Waals surface area (Å²) in [4.78, 5) is 21.2. The molecule has 24 heavy (non-hydrogen) atoms. The molecule has 2 saturated heterocycles. The first-order valence-corrected chi connectivity index (χ1v) is 9.60. The first-order chi connectivity index (χ1) is 11.7. The SMILES string of the molecule is CCCCCN1CCC[C@@]2(CCC(=O)N(Cc3ccncc3)C2)C1. The number of unbranched alkanes of at least 4 members (excludes halogenated alkanes) is 2. The minimum absolute atomic E-state index is 0.320. The fourth-order valence-electron chi connectivity index (χ4n) is 4.37. The number of likely N-dealkylation sites (tertiary alicyclic amines) is 2. The van der Waals surface area contributed by atoms with E-state index in [1.54, 1.807) is 0 Å². The normalized spacial score (nSPS) is 25.4. The van der Waals surface area contributed by atoms with Gasteiger partial charge in [0.2, 0.25) is 5.91 Å². The first kappa shape index (κ1) is 17.4. The minimum Gasteiger partial charge on any atom is -0.338 e. The van der Waals surface area contributed by atoms with Crippen LogP contribution < -0.4 is 0 Å². The van der Waals surface area contributed by atoms with E-state index in [9.17, 15) is 4.79 Å². The second-order valence-corrected chi connectivity index (χ2v) is 7.69. The second kappa shape index (κ2) is 8.11. The second-order valence-electron chi connectivity index (χ2n) is 7.69. The van der Waals surface area contributed by atoms with E-state index < -0.39 is 0 Å². The van der Waals surface area contributed by atoms with E-state index in [2.05, 4.69) is 21.7 Å². The highest BCUT2D eigenvalue weighted by Gasteiger charge is 2.41. The van der Waals surface area contributed by atoms with Gasteiger partial charge in [-0.15, -0.1) is 0 Å². The summed E-state index contributed by atoms with van der Waals surface area (Å²) in [7, 11) is 0. The van der Waals surface area contributed by atoms with Crippen molar-refractivity contribution in [1.29, 1.82) is 0 Å². The largest absolute Gasteiger partial charge is 0.338 e. The Balaban J connectivity index is 1.61. The molecule has 3 heterocycles. The van der Waals surface area contributed by atoms with E-state index in [1.807, 2.05) is 24.5 Å². The van der Waals surface area contributed by atoms with Crippen LogP contribution in [0.5, 0.6) is 0 Å². The molecular formula is C20H31N3O. The van der Waals surface area contributed by atoms with Crippen molar-refractivity contribution in [2.24, 2.45) is 5.41 Å². The fraction of sp³-hybridized carbons (Fsp3) is 0.700. The highest BCUT2D eigenvalue weighted by Crippen LogP contribution is 2.39. The fourth-order valence-corrected chi connectivity index (χ4v) is 4.37. The Morgan fingerprint density at radius 3 is 2.79 bits per heavy atom. The molecule has 0 saturated carbocycles. The number of carbonyl (C=O) groups excluding carboxylic acids is 1. The highest BCUT2D eigenvalue weighted by atomic mass is 16.2. The standard InChI is InChI=1S/C20H31N3O/c1-2-3-4-13-22-14-5-9-20(16-22)10-6-19(24)23(17-20)15-18-7-11-21-12-8-18/h7-8,11-12H,2-6,9-10,13-17H2,1H3/t20-/m1/s1. The van der Waals surface area contributed by atoms with Crippen LogP contribution in [0.25, 0.3) is 0 Å². The smallest absolute Gasteiger partial charge is 0.222 e. The van der Waals surface area contributed by atoms with Crippen molar-refractivity contribution in [3.8, 4) is 0 Å². The molecule has 0 aromatic carbocycles. The molecule has 0 N–H and O–H groups in total. The summed E-state index contributed by atoms with van der Waals surface area (Å²) < 4.78 is 0. The van der Waals surface area contributed by atoms with Crippen LogP contribution in [0.3, 0.4) is 0 Å². The minimum atomic E-state index is 0.320. The number of pyridine rings is 1. The van der Waals surface area contributed by atoms with Gasteiger partial charge in [-0.05, 0) is 56.5 Å². The van der Waals surface area contributed by atoms with Gasteiger partial charge < -0.3 is 9.80 Å². The first-order valence-electron chi connectivity index (χ1n) is 9.60. The summed E-state index contributed by atoms with van der Waals surface area (Å²) >= 11 is 0. The zero-order valence-electron chi connectivity index (χ0n) is 15.0. The van der Waals surface area contributed by atoms with E-state index in [0.29, 0.717) is 17.7 Å². The third-order valence-corrected chi connectivity index (χ3v) is 5.69. The van der Waals surface area contributed by atoms with E-state index in [-0.39, 0.29) is 0 Å². The highest BCUT2D eigenvalue weighted by molar-refractivity contribution is 5.77. The molecule has 2 aliphatic heterocycles. The van der Waals surface area contributed by atoms with Crippen LogP contribution in [0.15, 0.2) is 24.5 Å². The summed E-state index contributed by atoms with van der Waals surface area (Å²) in [5.41, 5.74) is 1.51. The third kappa shape index (κ3) is 4.35. The topological polar surface area (TPSA) is 36.4 Å². The molecule has 1 amide bonds. The summed E-state index contributed by atoms with van der Waals surface area (Å²) in [6.07, 6.45) is 11.9. The molecular weight excluding hydrogens is 298 g/mol. The lowest BCUT2D eigenvalue weighted by Crippen LogP contribution is -2.53. The molecule has 0 unspecified atom stereocenters. The molecule has 2 fully saturated rings. The number of hydrogen-bond acceptors (Lipinski definition) is 3. The maximum absolute atomic E-state index is 12.4. The van der Waals surface area contributed by atoms with Gasteiger partial charge in [-0.25, -0.2) is 0 Å². The molecule has 0 radical (unpaired) electrons. The maximum atomic E-state index is 12.4. The van der Waals surface area contributed by atoms with Crippen LogP contribution in [0.4, 0.5) is 0 Å². The zero-order valence-corrected chi connectivity index (χ0v) is 15.0. The van der Waals surface area contributed by atoms with Crippen molar-refractivity contribution in [3.05, 3.63) is 30.1 Å². The monoisotopic (exact) mass is 329 g/mol. The number of aromatic nitrogens is 1. The van der Waals surface area contributed by atoms with Gasteiger partial charge in [0.25, 0.3) is 0 Å². The lowest BCUT2D eigenvalue weighted by atomic mass is 9.73. The Kier molecular flexibility index (Phi) is 5.88. The van der Waals surface area contributed by atoms with Crippen LogP contribution in [0.2, 0.25) is 0 Å². The van der Waals surface area contributed by atoms with Gasteiger partial charge in [-0.1, -0.05) is 19.8 Å². The van der Waals surface area contributed by atoms with Gasteiger partial charge >= 0.3 is 0 Å². The predicted octanol–water partition coefficient (Wildman–Crippen LogP) is 3.48. The summed E-state index contributed by atoms with van der Waals surface area (Å²) in [6.45, 7) is 7.58. The summed E-state index contributed by atoms with van der Waals surface area (Å²) in [6, 6.07) is 4.04. The molecule has 132 valence electrons. The van der Waals surface area contributed by atoms with Gasteiger partial charge in [-0.3, -0.25) is 9.78 Å². The van der Waals surface area contributed by atoms with Crippen molar-refractivity contribution < 1.29 is 4.79 Å². The maximum Gasteiger partial charge on any atom is 0.222 e. The molecule has 1 spiro atoms. The van der Waals surface area contributed by atoms with E-state index in [0.717, 1.165) is 19.5 Å². The number of nitrogens with zero attached hydrogens (tertiary/aromatic N) is 3. The number of piperidine rings is 2. The number of amides is 1. The average molecular weight is 329 g/mol. The lowest BCUT2D eigenvalue weighted by Gasteiger charge is -2.48. The Bertz CT molecular complexity index is 533. The van der Waals surface area contributed by atoms with Crippen molar-refractivity contribution >= 4 is 5.91 Å². The Morgan fingerprint density at radius 1 is 1.17 bits per heavy atom. The molecule has 1 aromatic heterocycles. The Labute approximate surface area is 146 Å². The van der Waals surface area contributed by atoms with Crippen molar-refractivity contribution in [3.63, 3.8) is 0 Å². The van der Waals surface area contributed by atoms with Crippen LogP contribution >= 0.6 is 0 Å². The van der Waals surface area contributed by atoms with Gasteiger partial charge in [0.05, 0.1) is 0 Å². The summed E-state index contributed by atoms with van der Waals surface area (Å²) in [5, 5.41) is 0. The van der Waals surface area contributed by atoms with Crippen LogP contribution in [-0.4, -0.2) is 46.9 Å². The van der Waals surface area contributed by atoms with E-state index in [1.165, 1.54) is 57.3 Å². The molecule has 0 aliphatic carbocycles. The molecule has 4 heteroatoms. The predicted molar refractivity (Wildman–Crippen MR) is 96.5 cm³/mol. The number of rotatable bonds is 6. The molecule has 1 atom stereocenters. The van der Waals surface area contributed by atoms with Crippen molar-refractivity contribution in [1.82, 2.24) is 14.8 Å². The van der Waals surface area contributed by atoms with Crippen LogP contribution in [-0.2, 0) is 11.3 Å². The third-order valence-electron chi connectivity index (χ3n) is 5.69. The Hall–Kier alpha value is -1.42. The molecule has 0 bridgehead atoms. The molecule has 1 aromatic rings. The van der Waals surface area contributed by atoms with Crippen LogP contribution in [0.1, 0.15) is 57.4 Å². The molecule has 2 aliphatic rings. The van der Waals surface area contributed by atoms with Crippen LogP contribution in [0, 0.1) is 5.41 Å². The zero-order chi connectivity index (χ0) is 16.8. The van der Waals surface area contributed by atoms with Gasteiger partial charge in [0.1, 0.15) is 0 Å². The quantitative estimate of drug-likeness (QED) is 0.750. The van der Waals surface area contributed by atoms with Crippen molar-refractivity contribution in [2.45, 2.75) is 58.4 Å².